The maximum atomic E-state index is 13.7. The fraction of sp³-hybridized carbons (Fsp3) is 0.759. The summed E-state index contributed by atoms with van der Waals surface area (Å²) in [5, 5.41) is 20.5. The van der Waals surface area contributed by atoms with Crippen LogP contribution in [0.3, 0.4) is 0 Å². The Labute approximate surface area is 209 Å². The summed E-state index contributed by atoms with van der Waals surface area (Å²) in [5.41, 5.74) is 2.06. The SMILES string of the molecule is C[C@H](Cn1c(=O)n(C2CCN(C[C@H]3CCCCC34CC4)CC2)c2ccccc21)[C@@H](O)C(C)(C)CO. The molecule has 35 heavy (non-hydrogen) atoms. The molecule has 2 aromatic rings. The first-order valence-corrected chi connectivity index (χ1v) is 14.0. The minimum atomic E-state index is -0.695. The Morgan fingerprint density at radius 2 is 1.74 bits per heavy atom. The zero-order valence-electron chi connectivity index (χ0n) is 22.0. The molecular formula is C29H45N3O3. The number of aliphatic hydroxyl groups excluding tert-OH is 2. The molecule has 3 aliphatic rings. The van der Waals surface area contributed by atoms with Crippen LogP contribution >= 0.6 is 0 Å². The predicted molar refractivity (Wildman–Crippen MR) is 141 cm³/mol. The summed E-state index contributed by atoms with van der Waals surface area (Å²) in [4.78, 5) is 16.4. The number of rotatable bonds is 8. The molecular weight excluding hydrogens is 438 g/mol. The third-order valence-corrected chi connectivity index (χ3v) is 9.72. The zero-order chi connectivity index (χ0) is 24.8. The van der Waals surface area contributed by atoms with Crippen molar-refractivity contribution in [2.24, 2.45) is 22.7 Å². The van der Waals surface area contributed by atoms with Gasteiger partial charge in [-0.25, -0.2) is 4.79 Å². The lowest BCUT2D eigenvalue weighted by atomic mass is 9.76. The van der Waals surface area contributed by atoms with Crippen LogP contribution in [-0.4, -0.2) is 56.6 Å². The summed E-state index contributed by atoms with van der Waals surface area (Å²) in [6.45, 7) is 9.45. The van der Waals surface area contributed by atoms with Crippen molar-refractivity contribution in [3.8, 4) is 0 Å². The third kappa shape index (κ3) is 4.74. The molecule has 0 radical (unpaired) electrons. The van der Waals surface area contributed by atoms with Crippen molar-refractivity contribution in [1.29, 1.82) is 0 Å². The van der Waals surface area contributed by atoms with Crippen molar-refractivity contribution in [3.63, 3.8) is 0 Å². The number of hydrogen-bond acceptors (Lipinski definition) is 4. The quantitative estimate of drug-likeness (QED) is 0.583. The number of aromatic nitrogens is 2. The van der Waals surface area contributed by atoms with E-state index in [0.717, 1.165) is 42.9 Å². The number of nitrogens with zero attached hydrogens (tertiary/aromatic N) is 3. The van der Waals surface area contributed by atoms with Crippen LogP contribution in [0.1, 0.15) is 78.2 Å². The first-order valence-electron chi connectivity index (χ1n) is 14.0. The van der Waals surface area contributed by atoms with Crippen molar-refractivity contribution in [1.82, 2.24) is 14.0 Å². The molecule has 0 unspecified atom stereocenters. The van der Waals surface area contributed by atoms with Crippen LogP contribution in [-0.2, 0) is 6.54 Å². The summed E-state index contributed by atoms with van der Waals surface area (Å²) in [6, 6.07) is 8.32. The fourth-order valence-electron chi connectivity index (χ4n) is 7.17. The topological polar surface area (TPSA) is 70.6 Å². The highest BCUT2D eigenvalue weighted by Gasteiger charge is 2.50. The van der Waals surface area contributed by atoms with Gasteiger partial charge in [0.15, 0.2) is 0 Å². The van der Waals surface area contributed by atoms with E-state index in [-0.39, 0.29) is 24.3 Å². The number of imidazole rings is 1. The van der Waals surface area contributed by atoms with E-state index in [1.807, 2.05) is 48.1 Å². The van der Waals surface area contributed by atoms with Crippen LogP contribution in [0.15, 0.2) is 29.1 Å². The number of benzene rings is 1. The Morgan fingerprint density at radius 1 is 1.06 bits per heavy atom. The Hall–Kier alpha value is -1.63. The maximum absolute atomic E-state index is 13.7. The van der Waals surface area contributed by atoms with E-state index >= 15 is 0 Å². The Bertz CT molecular complexity index is 1070. The van der Waals surface area contributed by atoms with Crippen molar-refractivity contribution in [2.45, 2.75) is 90.8 Å². The lowest BCUT2D eigenvalue weighted by molar-refractivity contribution is -0.0292. The molecule has 1 spiro atoms. The lowest BCUT2D eigenvalue weighted by Crippen LogP contribution is -2.42. The van der Waals surface area contributed by atoms with Crippen molar-refractivity contribution in [2.75, 3.05) is 26.2 Å². The summed E-state index contributed by atoms with van der Waals surface area (Å²) >= 11 is 0. The predicted octanol–water partition coefficient (Wildman–Crippen LogP) is 4.43. The molecule has 1 aromatic heterocycles. The van der Waals surface area contributed by atoms with Gasteiger partial charge in [0.25, 0.3) is 0 Å². The second kappa shape index (κ2) is 9.68. The van der Waals surface area contributed by atoms with Gasteiger partial charge in [-0.15, -0.1) is 0 Å². The second-order valence-corrected chi connectivity index (χ2v) is 12.7. The first kappa shape index (κ1) is 25.0. The van der Waals surface area contributed by atoms with E-state index < -0.39 is 11.5 Å². The van der Waals surface area contributed by atoms with Crippen LogP contribution in [0.25, 0.3) is 11.0 Å². The zero-order valence-corrected chi connectivity index (χ0v) is 22.0. The van der Waals surface area contributed by atoms with Gasteiger partial charge >= 0.3 is 5.69 Å². The number of aliphatic hydroxyl groups is 2. The molecule has 194 valence electrons. The molecule has 2 heterocycles. The van der Waals surface area contributed by atoms with Gasteiger partial charge in [-0.05, 0) is 62.0 Å². The molecule has 0 bridgehead atoms. The van der Waals surface area contributed by atoms with E-state index in [1.54, 1.807) is 0 Å². The molecule has 2 saturated carbocycles. The molecule has 3 fully saturated rings. The molecule has 0 amide bonds. The fourth-order valence-corrected chi connectivity index (χ4v) is 7.17. The van der Waals surface area contributed by atoms with E-state index in [1.165, 1.54) is 45.1 Å². The van der Waals surface area contributed by atoms with Crippen LogP contribution < -0.4 is 5.69 Å². The molecule has 5 rings (SSSR count). The highest BCUT2D eigenvalue weighted by atomic mass is 16.3. The second-order valence-electron chi connectivity index (χ2n) is 12.7. The molecule has 6 heteroatoms. The summed E-state index contributed by atoms with van der Waals surface area (Å²) < 4.78 is 3.88. The largest absolute Gasteiger partial charge is 0.396 e. The van der Waals surface area contributed by atoms with Crippen LogP contribution in [0.5, 0.6) is 0 Å². The third-order valence-electron chi connectivity index (χ3n) is 9.72. The number of likely N-dealkylation sites (tertiary alicyclic amines) is 1. The summed E-state index contributed by atoms with van der Waals surface area (Å²) in [6.07, 6.45) is 9.93. The van der Waals surface area contributed by atoms with Gasteiger partial charge in [-0.1, -0.05) is 45.7 Å². The van der Waals surface area contributed by atoms with Crippen molar-refractivity contribution >= 4 is 11.0 Å². The van der Waals surface area contributed by atoms with Gasteiger partial charge < -0.3 is 15.1 Å². The van der Waals surface area contributed by atoms with Crippen LogP contribution in [0.4, 0.5) is 0 Å². The normalized spacial score (nSPS) is 25.2. The number of piperidine rings is 1. The highest BCUT2D eigenvalue weighted by Crippen LogP contribution is 2.59. The van der Waals surface area contributed by atoms with Crippen molar-refractivity contribution in [3.05, 3.63) is 34.7 Å². The molecule has 3 atom stereocenters. The van der Waals surface area contributed by atoms with Gasteiger partial charge in [-0.3, -0.25) is 9.13 Å². The van der Waals surface area contributed by atoms with Gasteiger partial charge in [0.05, 0.1) is 23.7 Å². The van der Waals surface area contributed by atoms with Gasteiger partial charge in [0.1, 0.15) is 0 Å². The standard InChI is InChI=1S/C29H45N3O3/c1-21(26(34)28(2,3)20-33)18-31-24-9-4-5-10-25(24)32(27(31)35)23-11-16-30(17-12-23)19-22-8-6-7-13-29(22)14-15-29/h4-5,9-10,21-23,26,33-34H,6-8,11-20H2,1-3H3/t21-,22-,26-/m1/s1. The van der Waals surface area contributed by atoms with Gasteiger partial charge in [0.2, 0.25) is 0 Å². The average Bonchev–Trinajstić information content (AvgIpc) is 3.58. The average molecular weight is 484 g/mol. The molecule has 1 aliphatic heterocycles. The number of fused-ring (bicyclic) bond motifs is 1. The monoisotopic (exact) mass is 483 g/mol. The van der Waals surface area contributed by atoms with Crippen LogP contribution in [0.2, 0.25) is 0 Å². The van der Waals surface area contributed by atoms with E-state index in [4.69, 9.17) is 0 Å². The van der Waals surface area contributed by atoms with E-state index in [0.29, 0.717) is 12.0 Å². The van der Waals surface area contributed by atoms with E-state index in [2.05, 4.69) is 11.0 Å². The first-order chi connectivity index (χ1) is 16.8. The number of hydrogen-bond donors (Lipinski definition) is 2. The minimum absolute atomic E-state index is 0.0368. The summed E-state index contributed by atoms with van der Waals surface area (Å²) in [7, 11) is 0. The molecule has 1 saturated heterocycles. The smallest absolute Gasteiger partial charge is 0.329 e. The minimum Gasteiger partial charge on any atom is -0.396 e. The Kier molecular flexibility index (Phi) is 6.92. The number of para-hydroxylation sites is 2. The molecule has 2 aliphatic carbocycles. The highest BCUT2D eigenvalue weighted by molar-refractivity contribution is 5.76. The van der Waals surface area contributed by atoms with Gasteiger partial charge in [0, 0.05) is 43.6 Å². The lowest BCUT2D eigenvalue weighted by Gasteiger charge is -2.39. The molecule has 6 nitrogen and oxygen atoms in total. The summed E-state index contributed by atoms with van der Waals surface area (Å²) in [5.74, 6) is 0.731. The maximum Gasteiger partial charge on any atom is 0.329 e. The Balaban J connectivity index is 1.31. The van der Waals surface area contributed by atoms with E-state index in [9.17, 15) is 15.0 Å². The molecule has 2 N–H and O–H groups in total. The molecule has 1 aromatic carbocycles. The Morgan fingerprint density at radius 3 is 2.40 bits per heavy atom. The van der Waals surface area contributed by atoms with Gasteiger partial charge in [-0.2, -0.15) is 0 Å². The van der Waals surface area contributed by atoms with Crippen molar-refractivity contribution < 1.29 is 10.2 Å². The van der Waals surface area contributed by atoms with Crippen LogP contribution in [0, 0.1) is 22.7 Å².